The Hall–Kier alpha value is -2.68. The Labute approximate surface area is 125 Å². The van der Waals surface area contributed by atoms with Gasteiger partial charge in [-0.1, -0.05) is 0 Å². The molecule has 116 valence electrons. The van der Waals surface area contributed by atoms with E-state index in [0.29, 0.717) is 0 Å². The molecule has 0 fully saturated rings. The van der Waals surface area contributed by atoms with Gasteiger partial charge in [-0.2, -0.15) is 0 Å². The number of ether oxygens (including phenoxy) is 1. The van der Waals surface area contributed by atoms with E-state index in [-0.39, 0.29) is 21.9 Å². The SMILES string of the molecule is COc1cc(NS(=O)(=O)c2cncc(F)c2)ccc1C(=O)O. The van der Waals surface area contributed by atoms with Crippen LogP contribution in [0.1, 0.15) is 10.4 Å². The van der Waals surface area contributed by atoms with Crippen LogP contribution in [-0.4, -0.2) is 31.6 Å². The van der Waals surface area contributed by atoms with Gasteiger partial charge in [0.05, 0.1) is 19.0 Å². The molecule has 0 aliphatic carbocycles. The van der Waals surface area contributed by atoms with Crippen molar-refractivity contribution in [3.63, 3.8) is 0 Å². The number of rotatable bonds is 5. The summed E-state index contributed by atoms with van der Waals surface area (Å²) in [6, 6.07) is 4.49. The summed E-state index contributed by atoms with van der Waals surface area (Å²) < 4.78 is 44.3. The van der Waals surface area contributed by atoms with Gasteiger partial charge in [0.25, 0.3) is 10.0 Å². The fraction of sp³-hybridized carbons (Fsp3) is 0.0769. The second kappa shape index (κ2) is 5.98. The Balaban J connectivity index is 2.36. The third-order valence-corrected chi connectivity index (χ3v) is 4.02. The number of aromatic nitrogens is 1. The summed E-state index contributed by atoms with van der Waals surface area (Å²) in [6.45, 7) is 0. The zero-order valence-corrected chi connectivity index (χ0v) is 12.1. The average molecular weight is 326 g/mol. The number of anilines is 1. The number of methoxy groups -OCH3 is 1. The number of nitrogens with one attached hydrogen (secondary N) is 1. The molecule has 1 heterocycles. The van der Waals surface area contributed by atoms with Crippen LogP contribution in [0.15, 0.2) is 41.6 Å². The molecule has 2 aromatic rings. The summed E-state index contributed by atoms with van der Waals surface area (Å²) in [5, 5.41) is 8.96. The Bertz CT molecular complexity index is 823. The lowest BCUT2D eigenvalue weighted by Gasteiger charge is -2.10. The first-order valence-electron chi connectivity index (χ1n) is 5.88. The molecule has 22 heavy (non-hydrogen) atoms. The zero-order chi connectivity index (χ0) is 16.3. The fourth-order valence-electron chi connectivity index (χ4n) is 1.68. The molecule has 0 aliphatic heterocycles. The molecule has 1 aromatic heterocycles. The second-order valence-electron chi connectivity index (χ2n) is 4.16. The van der Waals surface area contributed by atoms with Gasteiger partial charge in [0.15, 0.2) is 0 Å². The molecule has 2 rings (SSSR count). The molecule has 0 radical (unpaired) electrons. The standard InChI is InChI=1S/C13H11FN2O5S/c1-21-12-5-9(2-3-11(12)13(17)18)16-22(19,20)10-4-8(14)6-15-7-10/h2-7,16H,1H3,(H,17,18). The Morgan fingerprint density at radius 3 is 2.64 bits per heavy atom. The van der Waals surface area contributed by atoms with Gasteiger partial charge in [0, 0.05) is 12.3 Å². The van der Waals surface area contributed by atoms with Crippen molar-refractivity contribution < 1.29 is 27.4 Å². The van der Waals surface area contributed by atoms with E-state index in [0.717, 1.165) is 18.5 Å². The minimum atomic E-state index is -4.05. The van der Waals surface area contributed by atoms with Crippen LogP contribution >= 0.6 is 0 Å². The van der Waals surface area contributed by atoms with E-state index in [2.05, 4.69) is 9.71 Å². The van der Waals surface area contributed by atoms with Crippen molar-refractivity contribution in [3.05, 3.63) is 48.0 Å². The number of carboxylic acid groups (broad SMARTS) is 1. The molecule has 0 atom stereocenters. The maximum absolute atomic E-state index is 13.1. The number of aromatic carboxylic acids is 1. The lowest BCUT2D eigenvalue weighted by atomic mass is 10.2. The van der Waals surface area contributed by atoms with E-state index in [9.17, 15) is 17.6 Å². The van der Waals surface area contributed by atoms with Gasteiger partial charge < -0.3 is 9.84 Å². The van der Waals surface area contributed by atoms with Crippen LogP contribution < -0.4 is 9.46 Å². The molecule has 1 aromatic carbocycles. The quantitative estimate of drug-likeness (QED) is 0.867. The Morgan fingerprint density at radius 2 is 2.05 bits per heavy atom. The van der Waals surface area contributed by atoms with Crippen molar-refractivity contribution in [2.45, 2.75) is 4.90 Å². The van der Waals surface area contributed by atoms with Gasteiger partial charge in [-0.3, -0.25) is 9.71 Å². The van der Waals surface area contributed by atoms with E-state index in [1.807, 2.05) is 0 Å². The van der Waals surface area contributed by atoms with Crippen LogP contribution in [0.2, 0.25) is 0 Å². The van der Waals surface area contributed by atoms with E-state index in [1.165, 1.54) is 25.3 Å². The molecular formula is C13H11FN2O5S. The zero-order valence-electron chi connectivity index (χ0n) is 11.3. The number of carboxylic acids is 1. The summed E-state index contributed by atoms with van der Waals surface area (Å²) in [7, 11) is -2.79. The van der Waals surface area contributed by atoms with Crippen molar-refractivity contribution >= 4 is 21.7 Å². The first kappa shape index (κ1) is 15.7. The highest BCUT2D eigenvalue weighted by Crippen LogP contribution is 2.25. The summed E-state index contributed by atoms with van der Waals surface area (Å²) >= 11 is 0. The van der Waals surface area contributed by atoms with Crippen LogP contribution in [0.3, 0.4) is 0 Å². The van der Waals surface area contributed by atoms with Gasteiger partial charge in [-0.25, -0.2) is 17.6 Å². The molecule has 0 unspecified atom stereocenters. The molecule has 7 nitrogen and oxygen atoms in total. The van der Waals surface area contributed by atoms with Gasteiger partial charge in [0.2, 0.25) is 0 Å². The minimum absolute atomic E-state index is 0.00920. The van der Waals surface area contributed by atoms with Crippen molar-refractivity contribution in [1.82, 2.24) is 4.98 Å². The van der Waals surface area contributed by atoms with Crippen LogP contribution in [0.5, 0.6) is 5.75 Å². The highest BCUT2D eigenvalue weighted by molar-refractivity contribution is 7.92. The average Bonchev–Trinajstić information content (AvgIpc) is 2.46. The van der Waals surface area contributed by atoms with Crippen LogP contribution in [0, 0.1) is 5.82 Å². The van der Waals surface area contributed by atoms with Crippen LogP contribution in [-0.2, 0) is 10.0 Å². The van der Waals surface area contributed by atoms with Crippen LogP contribution in [0.25, 0.3) is 0 Å². The van der Waals surface area contributed by atoms with Crippen molar-refractivity contribution in [1.29, 1.82) is 0 Å². The number of benzene rings is 1. The predicted octanol–water partition coefficient (Wildman–Crippen LogP) is 1.73. The number of halogens is 1. The highest BCUT2D eigenvalue weighted by atomic mass is 32.2. The van der Waals surface area contributed by atoms with E-state index >= 15 is 0 Å². The molecule has 0 amide bonds. The molecular weight excluding hydrogens is 315 g/mol. The summed E-state index contributed by atoms with van der Waals surface area (Å²) in [5.74, 6) is -2.01. The maximum atomic E-state index is 13.1. The number of nitrogens with zero attached hydrogens (tertiary/aromatic N) is 1. The lowest BCUT2D eigenvalue weighted by Crippen LogP contribution is -2.14. The van der Waals surface area contributed by atoms with E-state index in [4.69, 9.17) is 9.84 Å². The number of sulfonamides is 1. The smallest absolute Gasteiger partial charge is 0.339 e. The molecule has 9 heteroatoms. The number of carbonyl (C=O) groups is 1. The fourth-order valence-corrected chi connectivity index (χ4v) is 2.71. The summed E-state index contributed by atoms with van der Waals surface area (Å²) in [5.41, 5.74) is -0.0380. The Kier molecular flexibility index (Phi) is 4.27. The molecule has 0 spiro atoms. The van der Waals surface area contributed by atoms with Crippen LogP contribution in [0.4, 0.5) is 10.1 Å². The summed E-state index contributed by atoms with van der Waals surface area (Å²) in [4.78, 5) is 14.1. The molecule has 0 bridgehead atoms. The Morgan fingerprint density at radius 1 is 1.32 bits per heavy atom. The number of hydrogen-bond donors (Lipinski definition) is 2. The predicted molar refractivity (Wildman–Crippen MR) is 75.0 cm³/mol. The van der Waals surface area contributed by atoms with E-state index in [1.54, 1.807) is 0 Å². The monoisotopic (exact) mass is 326 g/mol. The van der Waals surface area contributed by atoms with Crippen molar-refractivity contribution in [3.8, 4) is 5.75 Å². The van der Waals surface area contributed by atoms with Gasteiger partial charge in [-0.05, 0) is 18.2 Å². The number of pyridine rings is 1. The summed E-state index contributed by atoms with van der Waals surface area (Å²) in [6.07, 6.45) is 1.87. The first-order chi connectivity index (χ1) is 10.3. The molecule has 0 saturated heterocycles. The van der Waals surface area contributed by atoms with Crippen molar-refractivity contribution in [2.75, 3.05) is 11.8 Å². The van der Waals surface area contributed by atoms with E-state index < -0.39 is 21.8 Å². The first-order valence-corrected chi connectivity index (χ1v) is 7.36. The second-order valence-corrected chi connectivity index (χ2v) is 5.85. The normalized spacial score (nSPS) is 11.0. The maximum Gasteiger partial charge on any atom is 0.339 e. The third-order valence-electron chi connectivity index (χ3n) is 2.67. The number of hydrogen-bond acceptors (Lipinski definition) is 5. The largest absolute Gasteiger partial charge is 0.496 e. The molecule has 2 N–H and O–H groups in total. The third kappa shape index (κ3) is 3.31. The topological polar surface area (TPSA) is 106 Å². The lowest BCUT2D eigenvalue weighted by molar-refractivity contribution is 0.0693. The van der Waals surface area contributed by atoms with Gasteiger partial charge in [0.1, 0.15) is 22.0 Å². The van der Waals surface area contributed by atoms with Gasteiger partial charge in [-0.15, -0.1) is 0 Å². The molecule has 0 aliphatic rings. The highest BCUT2D eigenvalue weighted by Gasteiger charge is 2.17. The van der Waals surface area contributed by atoms with Crippen molar-refractivity contribution in [2.24, 2.45) is 0 Å². The minimum Gasteiger partial charge on any atom is -0.496 e. The van der Waals surface area contributed by atoms with Gasteiger partial charge >= 0.3 is 5.97 Å². The molecule has 0 saturated carbocycles.